The molecule has 0 spiro atoms. The molecule has 1 saturated heterocycles. The molecule has 1 fully saturated rings. The normalized spacial score (nSPS) is 17.0. The third-order valence-corrected chi connectivity index (χ3v) is 4.19. The van der Waals surface area contributed by atoms with E-state index in [1.807, 2.05) is 18.2 Å². The van der Waals surface area contributed by atoms with Crippen molar-refractivity contribution < 1.29 is 13.5 Å². The van der Waals surface area contributed by atoms with Crippen molar-refractivity contribution in [2.24, 2.45) is 10.9 Å². The number of guanidine groups is 1. The summed E-state index contributed by atoms with van der Waals surface area (Å²) in [7, 11) is 0. The van der Waals surface area contributed by atoms with Crippen molar-refractivity contribution in [2.75, 3.05) is 26.3 Å². The molecule has 1 atom stereocenters. The monoisotopic (exact) mass is 473 g/mol. The first kappa shape index (κ1) is 20.7. The Hall–Kier alpha value is -1.61. The number of hydrogen-bond donors (Lipinski definition) is 2. The summed E-state index contributed by atoms with van der Waals surface area (Å²) < 4.78 is 24.5. The second kappa shape index (κ2) is 11.2. The zero-order chi connectivity index (χ0) is 17.3. The predicted molar refractivity (Wildman–Crippen MR) is 110 cm³/mol. The minimum Gasteiger partial charge on any atom is -0.469 e. The first-order valence-electron chi connectivity index (χ1n) is 8.67. The molecule has 1 aliphatic heterocycles. The molecule has 1 unspecified atom stereocenters. The Labute approximate surface area is 170 Å². The van der Waals surface area contributed by atoms with E-state index < -0.39 is 0 Å². The molecule has 2 N–H and O–H groups in total. The Bertz CT molecular complexity index is 673. The van der Waals surface area contributed by atoms with Gasteiger partial charge in [0.15, 0.2) is 5.96 Å². The molecule has 0 saturated carbocycles. The Morgan fingerprint density at radius 2 is 2.08 bits per heavy atom. The third-order valence-electron chi connectivity index (χ3n) is 4.19. The predicted octanol–water partition coefficient (Wildman–Crippen LogP) is 3.35. The Balaban J connectivity index is 0.00000243. The smallest absolute Gasteiger partial charge is 0.191 e. The van der Waals surface area contributed by atoms with Gasteiger partial charge in [0.25, 0.3) is 0 Å². The number of furan rings is 1. The van der Waals surface area contributed by atoms with E-state index >= 15 is 0 Å². The highest BCUT2D eigenvalue weighted by Crippen LogP contribution is 2.11. The lowest BCUT2D eigenvalue weighted by molar-refractivity contribution is 0.186. The van der Waals surface area contributed by atoms with Crippen molar-refractivity contribution in [2.45, 2.75) is 19.4 Å². The van der Waals surface area contributed by atoms with Crippen molar-refractivity contribution >= 4 is 29.9 Å². The van der Waals surface area contributed by atoms with Crippen molar-refractivity contribution in [3.63, 3.8) is 0 Å². The second-order valence-electron chi connectivity index (χ2n) is 6.12. The van der Waals surface area contributed by atoms with Crippen LogP contribution in [0.2, 0.25) is 0 Å². The topological polar surface area (TPSA) is 58.8 Å². The SMILES string of the molecule is Fc1ccccc1CN=C(NCCc1ccco1)NCC1CCOC1.I. The van der Waals surface area contributed by atoms with E-state index in [9.17, 15) is 4.39 Å². The zero-order valence-electron chi connectivity index (χ0n) is 14.6. The Kier molecular flexibility index (Phi) is 8.90. The van der Waals surface area contributed by atoms with Crippen molar-refractivity contribution in [1.82, 2.24) is 10.6 Å². The fourth-order valence-corrected chi connectivity index (χ4v) is 2.71. The van der Waals surface area contributed by atoms with E-state index in [0.717, 1.165) is 38.4 Å². The fourth-order valence-electron chi connectivity index (χ4n) is 2.71. The van der Waals surface area contributed by atoms with Crippen LogP contribution in [0.15, 0.2) is 52.1 Å². The molecule has 2 heterocycles. The van der Waals surface area contributed by atoms with Gasteiger partial charge in [-0.15, -0.1) is 24.0 Å². The summed E-state index contributed by atoms with van der Waals surface area (Å²) in [5.41, 5.74) is 0.582. The molecule has 2 aromatic rings. The molecule has 1 aliphatic rings. The van der Waals surface area contributed by atoms with Gasteiger partial charge in [-0.25, -0.2) is 9.38 Å². The summed E-state index contributed by atoms with van der Waals surface area (Å²) in [5, 5.41) is 6.62. The highest BCUT2D eigenvalue weighted by molar-refractivity contribution is 14.0. The van der Waals surface area contributed by atoms with Gasteiger partial charge < -0.3 is 19.8 Å². The quantitative estimate of drug-likeness (QED) is 0.368. The lowest BCUT2D eigenvalue weighted by atomic mass is 10.1. The van der Waals surface area contributed by atoms with Gasteiger partial charge in [0.2, 0.25) is 0 Å². The molecule has 1 aromatic carbocycles. The van der Waals surface area contributed by atoms with Gasteiger partial charge in [0.05, 0.1) is 19.4 Å². The minimum atomic E-state index is -0.231. The van der Waals surface area contributed by atoms with Gasteiger partial charge in [-0.2, -0.15) is 0 Å². The van der Waals surface area contributed by atoms with E-state index in [1.165, 1.54) is 6.07 Å². The maximum Gasteiger partial charge on any atom is 0.191 e. The van der Waals surface area contributed by atoms with Crippen molar-refractivity contribution in [3.8, 4) is 0 Å². The number of benzene rings is 1. The number of rotatable bonds is 7. The van der Waals surface area contributed by atoms with E-state index in [-0.39, 0.29) is 29.8 Å². The molecule has 1 aromatic heterocycles. The van der Waals surface area contributed by atoms with Crippen LogP contribution in [0.3, 0.4) is 0 Å². The maximum absolute atomic E-state index is 13.8. The van der Waals surface area contributed by atoms with Crippen LogP contribution in [-0.4, -0.2) is 32.3 Å². The standard InChI is InChI=1S/C19H24FN3O2.HI/c20-18-6-2-1-4-16(18)13-23-19(22-12-15-8-11-24-14-15)21-9-7-17-5-3-10-25-17;/h1-6,10,15H,7-9,11-14H2,(H2,21,22,23);1H. The van der Waals surface area contributed by atoms with E-state index in [0.29, 0.717) is 30.5 Å². The molecule has 5 nitrogen and oxygen atoms in total. The van der Waals surface area contributed by atoms with Crippen LogP contribution in [0.5, 0.6) is 0 Å². The molecule has 26 heavy (non-hydrogen) atoms. The fraction of sp³-hybridized carbons (Fsp3) is 0.421. The Morgan fingerprint density at radius 3 is 2.81 bits per heavy atom. The maximum atomic E-state index is 13.8. The van der Waals surface area contributed by atoms with Crippen LogP contribution in [-0.2, 0) is 17.7 Å². The van der Waals surface area contributed by atoms with Crippen LogP contribution in [0, 0.1) is 11.7 Å². The molecule has 142 valence electrons. The number of aliphatic imine (C=N–C) groups is 1. The average Bonchev–Trinajstić information content (AvgIpc) is 3.32. The van der Waals surface area contributed by atoms with Crippen LogP contribution in [0.25, 0.3) is 0 Å². The van der Waals surface area contributed by atoms with Gasteiger partial charge >= 0.3 is 0 Å². The number of nitrogens with one attached hydrogen (secondary N) is 2. The lowest BCUT2D eigenvalue weighted by Crippen LogP contribution is -2.41. The molecule has 0 bridgehead atoms. The molecule has 7 heteroatoms. The largest absolute Gasteiger partial charge is 0.469 e. The minimum absolute atomic E-state index is 0. The number of ether oxygens (including phenoxy) is 1. The molecule has 0 amide bonds. The van der Waals surface area contributed by atoms with E-state index in [4.69, 9.17) is 9.15 Å². The first-order chi connectivity index (χ1) is 12.3. The average molecular weight is 473 g/mol. The highest BCUT2D eigenvalue weighted by Gasteiger charge is 2.15. The van der Waals surface area contributed by atoms with Gasteiger partial charge in [-0.1, -0.05) is 18.2 Å². The summed E-state index contributed by atoms with van der Waals surface area (Å²) in [4.78, 5) is 4.52. The van der Waals surface area contributed by atoms with Gasteiger partial charge in [0.1, 0.15) is 11.6 Å². The van der Waals surface area contributed by atoms with E-state index in [1.54, 1.807) is 18.4 Å². The number of halogens is 2. The third kappa shape index (κ3) is 6.60. The number of hydrogen-bond acceptors (Lipinski definition) is 3. The van der Waals surface area contributed by atoms with Gasteiger partial charge in [-0.05, 0) is 24.6 Å². The van der Waals surface area contributed by atoms with Gasteiger partial charge in [0, 0.05) is 37.6 Å². The molecule has 0 aliphatic carbocycles. The zero-order valence-corrected chi connectivity index (χ0v) is 16.9. The van der Waals surface area contributed by atoms with Gasteiger partial charge in [-0.3, -0.25) is 0 Å². The number of nitrogens with zero attached hydrogens (tertiary/aromatic N) is 1. The van der Waals surface area contributed by atoms with Crippen molar-refractivity contribution in [1.29, 1.82) is 0 Å². The molecular weight excluding hydrogens is 448 g/mol. The molecule has 3 rings (SSSR count). The summed E-state index contributed by atoms with van der Waals surface area (Å²) in [6, 6.07) is 10.5. The summed E-state index contributed by atoms with van der Waals surface area (Å²) in [6.45, 7) is 3.38. The second-order valence-corrected chi connectivity index (χ2v) is 6.12. The molecular formula is C19H25FIN3O2. The Morgan fingerprint density at radius 1 is 1.19 bits per heavy atom. The van der Waals surface area contributed by atoms with Crippen LogP contribution < -0.4 is 10.6 Å². The van der Waals surface area contributed by atoms with Crippen molar-refractivity contribution in [3.05, 3.63) is 59.8 Å². The highest BCUT2D eigenvalue weighted by atomic mass is 127. The molecule has 0 radical (unpaired) electrons. The lowest BCUT2D eigenvalue weighted by Gasteiger charge is -2.15. The first-order valence-corrected chi connectivity index (χ1v) is 8.67. The van der Waals surface area contributed by atoms with Crippen LogP contribution in [0.4, 0.5) is 4.39 Å². The summed E-state index contributed by atoms with van der Waals surface area (Å²) >= 11 is 0. The summed E-state index contributed by atoms with van der Waals surface area (Å²) in [6.07, 6.45) is 3.49. The van der Waals surface area contributed by atoms with Crippen LogP contribution in [0.1, 0.15) is 17.7 Å². The van der Waals surface area contributed by atoms with E-state index in [2.05, 4.69) is 15.6 Å². The summed E-state index contributed by atoms with van der Waals surface area (Å²) in [5.74, 6) is 1.86. The van der Waals surface area contributed by atoms with Crippen LogP contribution >= 0.6 is 24.0 Å².